The lowest BCUT2D eigenvalue weighted by molar-refractivity contribution is 0.276. The van der Waals surface area contributed by atoms with Crippen molar-refractivity contribution in [3.8, 4) is 5.88 Å². The standard InChI is InChI=1S/C10H16N2O2/c1-14-10-3-2-9(7-12-10)8(6-11)4-5-13/h2-3,7-8,13H,4-6,11H2,1H3. The average Bonchev–Trinajstić information content (AvgIpc) is 2.26. The number of hydrogen-bond donors (Lipinski definition) is 2. The van der Waals surface area contributed by atoms with E-state index in [-0.39, 0.29) is 12.5 Å². The number of hydrogen-bond acceptors (Lipinski definition) is 4. The molecule has 3 N–H and O–H groups in total. The van der Waals surface area contributed by atoms with Crippen LogP contribution in [0.25, 0.3) is 0 Å². The van der Waals surface area contributed by atoms with Crippen LogP contribution in [0.4, 0.5) is 0 Å². The maximum Gasteiger partial charge on any atom is 0.212 e. The van der Waals surface area contributed by atoms with Crippen molar-refractivity contribution < 1.29 is 9.84 Å². The second-order valence-corrected chi connectivity index (χ2v) is 3.08. The summed E-state index contributed by atoms with van der Waals surface area (Å²) in [5.74, 6) is 0.770. The number of methoxy groups -OCH3 is 1. The zero-order chi connectivity index (χ0) is 10.4. The highest BCUT2D eigenvalue weighted by Gasteiger charge is 2.09. The van der Waals surface area contributed by atoms with Gasteiger partial charge in [-0.3, -0.25) is 0 Å². The average molecular weight is 196 g/mol. The summed E-state index contributed by atoms with van der Waals surface area (Å²) in [5, 5.41) is 8.83. The molecule has 0 radical (unpaired) electrons. The molecule has 14 heavy (non-hydrogen) atoms. The minimum absolute atomic E-state index is 0.147. The highest BCUT2D eigenvalue weighted by molar-refractivity contribution is 5.21. The Bertz CT molecular complexity index is 261. The molecule has 0 saturated carbocycles. The molecular weight excluding hydrogens is 180 g/mol. The van der Waals surface area contributed by atoms with E-state index in [0.29, 0.717) is 18.8 Å². The van der Waals surface area contributed by atoms with Gasteiger partial charge in [0.25, 0.3) is 0 Å². The van der Waals surface area contributed by atoms with Gasteiger partial charge in [-0.25, -0.2) is 4.98 Å². The molecule has 0 amide bonds. The first-order valence-corrected chi connectivity index (χ1v) is 4.62. The molecule has 0 aliphatic heterocycles. The lowest BCUT2D eigenvalue weighted by Gasteiger charge is -2.13. The summed E-state index contributed by atoms with van der Waals surface area (Å²) >= 11 is 0. The molecular formula is C10H16N2O2. The molecule has 1 aromatic heterocycles. The van der Waals surface area contributed by atoms with Gasteiger partial charge >= 0.3 is 0 Å². The number of nitrogens with two attached hydrogens (primary N) is 1. The van der Waals surface area contributed by atoms with Crippen LogP contribution in [0.2, 0.25) is 0 Å². The van der Waals surface area contributed by atoms with Crippen LogP contribution in [-0.4, -0.2) is 30.4 Å². The Morgan fingerprint density at radius 2 is 2.36 bits per heavy atom. The lowest BCUT2D eigenvalue weighted by atomic mass is 9.98. The fraction of sp³-hybridized carbons (Fsp3) is 0.500. The first kappa shape index (κ1) is 10.9. The molecule has 78 valence electrons. The molecule has 1 unspecified atom stereocenters. The SMILES string of the molecule is COc1ccc(C(CN)CCO)cn1. The first-order valence-electron chi connectivity index (χ1n) is 4.62. The molecule has 0 saturated heterocycles. The van der Waals surface area contributed by atoms with Crippen molar-refractivity contribution in [3.05, 3.63) is 23.9 Å². The number of ether oxygens (including phenoxy) is 1. The van der Waals surface area contributed by atoms with E-state index in [2.05, 4.69) is 4.98 Å². The second-order valence-electron chi connectivity index (χ2n) is 3.08. The van der Waals surface area contributed by atoms with Crippen LogP contribution in [0, 0.1) is 0 Å². The number of aliphatic hydroxyl groups excluding tert-OH is 1. The van der Waals surface area contributed by atoms with E-state index in [1.165, 1.54) is 0 Å². The van der Waals surface area contributed by atoms with Crippen LogP contribution in [0.1, 0.15) is 17.9 Å². The number of aromatic nitrogens is 1. The zero-order valence-corrected chi connectivity index (χ0v) is 8.31. The van der Waals surface area contributed by atoms with E-state index in [9.17, 15) is 0 Å². The van der Waals surface area contributed by atoms with Crippen LogP contribution in [0.5, 0.6) is 5.88 Å². The summed E-state index contributed by atoms with van der Waals surface area (Å²) in [4.78, 5) is 4.09. The number of pyridine rings is 1. The maximum atomic E-state index is 8.83. The van der Waals surface area contributed by atoms with Crippen LogP contribution >= 0.6 is 0 Å². The summed E-state index contributed by atoms with van der Waals surface area (Å²) < 4.78 is 4.95. The van der Waals surface area contributed by atoms with Gasteiger partial charge in [0.1, 0.15) is 0 Å². The third-order valence-electron chi connectivity index (χ3n) is 2.20. The van der Waals surface area contributed by atoms with Crippen LogP contribution in [-0.2, 0) is 0 Å². The molecule has 0 aliphatic carbocycles. The second kappa shape index (κ2) is 5.57. The van der Waals surface area contributed by atoms with Gasteiger partial charge in [0.05, 0.1) is 7.11 Å². The molecule has 4 heteroatoms. The predicted octanol–water partition coefficient (Wildman–Crippen LogP) is 0.515. The number of nitrogens with zero attached hydrogens (tertiary/aromatic N) is 1. The Morgan fingerprint density at radius 3 is 2.79 bits per heavy atom. The maximum absolute atomic E-state index is 8.83. The minimum atomic E-state index is 0.147. The van der Waals surface area contributed by atoms with E-state index < -0.39 is 0 Å². The molecule has 1 aromatic rings. The van der Waals surface area contributed by atoms with Gasteiger partial charge in [0.15, 0.2) is 0 Å². The van der Waals surface area contributed by atoms with Crippen molar-refractivity contribution in [2.45, 2.75) is 12.3 Å². The van der Waals surface area contributed by atoms with E-state index in [1.54, 1.807) is 19.4 Å². The summed E-state index contributed by atoms with van der Waals surface area (Å²) in [5.41, 5.74) is 6.64. The molecule has 0 aromatic carbocycles. The van der Waals surface area contributed by atoms with Crippen molar-refractivity contribution in [1.29, 1.82) is 0 Å². The van der Waals surface area contributed by atoms with E-state index in [1.807, 2.05) is 6.07 Å². The lowest BCUT2D eigenvalue weighted by Crippen LogP contribution is -2.14. The molecule has 0 spiro atoms. The Balaban J connectivity index is 2.73. The van der Waals surface area contributed by atoms with Gasteiger partial charge in [0.2, 0.25) is 5.88 Å². The van der Waals surface area contributed by atoms with E-state index in [4.69, 9.17) is 15.6 Å². The molecule has 1 rings (SSSR count). The molecule has 0 fully saturated rings. The van der Waals surface area contributed by atoms with Crippen molar-refractivity contribution in [1.82, 2.24) is 4.98 Å². The topological polar surface area (TPSA) is 68.4 Å². The van der Waals surface area contributed by atoms with Gasteiger partial charge in [-0.05, 0) is 24.4 Å². The molecule has 0 aliphatic rings. The Kier molecular flexibility index (Phi) is 4.35. The number of rotatable bonds is 5. The molecule has 1 atom stereocenters. The summed E-state index contributed by atoms with van der Waals surface area (Å²) in [6.45, 7) is 0.669. The largest absolute Gasteiger partial charge is 0.481 e. The normalized spacial score (nSPS) is 12.5. The fourth-order valence-electron chi connectivity index (χ4n) is 1.33. The molecule has 1 heterocycles. The summed E-state index contributed by atoms with van der Waals surface area (Å²) in [7, 11) is 1.58. The highest BCUT2D eigenvalue weighted by atomic mass is 16.5. The third-order valence-corrected chi connectivity index (χ3v) is 2.20. The first-order chi connectivity index (χ1) is 6.81. The highest BCUT2D eigenvalue weighted by Crippen LogP contribution is 2.18. The van der Waals surface area contributed by atoms with Gasteiger partial charge in [-0.2, -0.15) is 0 Å². The fourth-order valence-corrected chi connectivity index (χ4v) is 1.33. The van der Waals surface area contributed by atoms with Gasteiger partial charge in [-0.1, -0.05) is 6.07 Å². The van der Waals surface area contributed by atoms with Gasteiger partial charge in [-0.15, -0.1) is 0 Å². The van der Waals surface area contributed by atoms with Gasteiger partial charge < -0.3 is 15.6 Å². The minimum Gasteiger partial charge on any atom is -0.481 e. The Morgan fingerprint density at radius 1 is 1.57 bits per heavy atom. The zero-order valence-electron chi connectivity index (χ0n) is 8.31. The third kappa shape index (κ3) is 2.68. The molecule has 4 nitrogen and oxygen atoms in total. The van der Waals surface area contributed by atoms with Crippen molar-refractivity contribution in [2.75, 3.05) is 20.3 Å². The van der Waals surface area contributed by atoms with Crippen LogP contribution in [0.3, 0.4) is 0 Å². The predicted molar refractivity (Wildman–Crippen MR) is 54.3 cm³/mol. The van der Waals surface area contributed by atoms with E-state index in [0.717, 1.165) is 5.56 Å². The van der Waals surface area contributed by atoms with E-state index >= 15 is 0 Å². The van der Waals surface area contributed by atoms with Crippen molar-refractivity contribution in [3.63, 3.8) is 0 Å². The molecule has 0 bridgehead atoms. The smallest absolute Gasteiger partial charge is 0.212 e. The number of aliphatic hydroxyl groups is 1. The van der Waals surface area contributed by atoms with Gasteiger partial charge in [0, 0.05) is 18.9 Å². The quantitative estimate of drug-likeness (QED) is 0.720. The van der Waals surface area contributed by atoms with Crippen molar-refractivity contribution >= 4 is 0 Å². The summed E-state index contributed by atoms with van der Waals surface area (Å²) in [6.07, 6.45) is 2.41. The monoisotopic (exact) mass is 196 g/mol. The van der Waals surface area contributed by atoms with Crippen LogP contribution in [0.15, 0.2) is 18.3 Å². The van der Waals surface area contributed by atoms with Crippen molar-refractivity contribution in [2.24, 2.45) is 5.73 Å². The van der Waals surface area contributed by atoms with Crippen LogP contribution < -0.4 is 10.5 Å². The Labute approximate surface area is 83.7 Å². The Hall–Kier alpha value is -1.13. The summed E-state index contributed by atoms with van der Waals surface area (Å²) in [6, 6.07) is 3.73.